The highest BCUT2D eigenvalue weighted by atomic mass is 16.7. The van der Waals surface area contributed by atoms with Crippen LogP contribution in [-0.2, 0) is 14.2 Å². The Bertz CT molecular complexity index is 178. The summed E-state index contributed by atoms with van der Waals surface area (Å²) in [5, 5.41) is 0. The highest BCUT2D eigenvalue weighted by Gasteiger charge is 2.23. The van der Waals surface area contributed by atoms with Gasteiger partial charge in [-0.15, -0.1) is 0 Å². The van der Waals surface area contributed by atoms with Crippen LogP contribution in [0.1, 0.15) is 12.8 Å². The maximum absolute atomic E-state index is 5.87. The Morgan fingerprint density at radius 2 is 2.15 bits per heavy atom. The van der Waals surface area contributed by atoms with Crippen LogP contribution in [0.5, 0.6) is 0 Å². The summed E-state index contributed by atoms with van der Waals surface area (Å²) in [6, 6.07) is -0.324. The number of rotatable bonds is 4. The van der Waals surface area contributed by atoms with E-state index in [4.69, 9.17) is 19.9 Å². The number of allylic oxidation sites excluding steroid dienone is 1. The molecule has 1 atom stereocenters. The lowest BCUT2D eigenvalue weighted by atomic mass is 10.1. The smallest absolute Gasteiger partial charge is 0.179 e. The van der Waals surface area contributed by atoms with Crippen LogP contribution in [0.2, 0.25) is 0 Å². The van der Waals surface area contributed by atoms with E-state index in [-0.39, 0.29) is 6.04 Å². The van der Waals surface area contributed by atoms with E-state index in [1.54, 1.807) is 14.2 Å². The van der Waals surface area contributed by atoms with Gasteiger partial charge in [-0.05, 0) is 18.9 Å². The quantitative estimate of drug-likeness (QED) is 0.656. The summed E-state index contributed by atoms with van der Waals surface area (Å²) in [5.41, 5.74) is 5.87. The van der Waals surface area contributed by atoms with Crippen molar-refractivity contribution in [2.24, 2.45) is 5.73 Å². The summed E-state index contributed by atoms with van der Waals surface area (Å²) in [6.07, 6.45) is 3.65. The summed E-state index contributed by atoms with van der Waals surface area (Å²) < 4.78 is 15.5. The van der Waals surface area contributed by atoms with Crippen LogP contribution in [0.3, 0.4) is 0 Å². The molecule has 1 rings (SSSR count). The largest absolute Gasteiger partial charge is 0.496 e. The molecule has 0 fully saturated rings. The van der Waals surface area contributed by atoms with E-state index >= 15 is 0 Å². The van der Waals surface area contributed by atoms with Gasteiger partial charge in [0, 0.05) is 14.2 Å². The molecule has 0 radical (unpaired) electrons. The number of hydrogen-bond donors (Lipinski definition) is 1. The molecule has 1 aliphatic heterocycles. The number of ether oxygens (including phenoxy) is 3. The van der Waals surface area contributed by atoms with Crippen LogP contribution in [0.4, 0.5) is 0 Å². The van der Waals surface area contributed by atoms with Crippen molar-refractivity contribution >= 4 is 0 Å². The van der Waals surface area contributed by atoms with Gasteiger partial charge in [0.1, 0.15) is 11.8 Å². The number of hydrogen-bond acceptors (Lipinski definition) is 4. The van der Waals surface area contributed by atoms with Gasteiger partial charge in [-0.3, -0.25) is 0 Å². The molecule has 0 aromatic rings. The third-order valence-corrected chi connectivity index (χ3v) is 2.05. The zero-order valence-corrected chi connectivity index (χ0v) is 8.16. The Kier molecular flexibility index (Phi) is 4.21. The molecule has 1 unspecified atom stereocenters. The molecule has 76 valence electrons. The molecule has 13 heavy (non-hydrogen) atoms. The minimum atomic E-state index is -0.427. The standard InChI is InChI=1S/C9H17NO3/c1-11-9(12-2)8(10)7-5-3-4-6-13-7/h5,8-9H,3-4,6,10H2,1-2H3. The Morgan fingerprint density at radius 1 is 1.46 bits per heavy atom. The molecule has 4 nitrogen and oxygen atoms in total. The maximum Gasteiger partial charge on any atom is 0.179 e. The number of methoxy groups -OCH3 is 2. The van der Waals surface area contributed by atoms with Gasteiger partial charge in [0.15, 0.2) is 6.29 Å². The predicted molar refractivity (Wildman–Crippen MR) is 49.1 cm³/mol. The molecule has 1 heterocycles. The molecule has 0 bridgehead atoms. The zero-order valence-electron chi connectivity index (χ0n) is 8.16. The lowest BCUT2D eigenvalue weighted by Crippen LogP contribution is -2.40. The molecular weight excluding hydrogens is 170 g/mol. The Morgan fingerprint density at radius 3 is 2.62 bits per heavy atom. The van der Waals surface area contributed by atoms with Crippen LogP contribution in [-0.4, -0.2) is 33.2 Å². The van der Waals surface area contributed by atoms with Crippen molar-refractivity contribution in [1.82, 2.24) is 0 Å². The lowest BCUT2D eigenvalue weighted by molar-refractivity contribution is -0.117. The van der Waals surface area contributed by atoms with Crippen molar-refractivity contribution < 1.29 is 14.2 Å². The van der Waals surface area contributed by atoms with Crippen LogP contribution >= 0.6 is 0 Å². The van der Waals surface area contributed by atoms with E-state index in [1.165, 1.54) is 0 Å². The van der Waals surface area contributed by atoms with Gasteiger partial charge < -0.3 is 19.9 Å². The molecule has 0 spiro atoms. The van der Waals surface area contributed by atoms with Crippen molar-refractivity contribution in [3.8, 4) is 0 Å². The highest BCUT2D eigenvalue weighted by Crippen LogP contribution is 2.15. The van der Waals surface area contributed by atoms with Gasteiger partial charge in [-0.1, -0.05) is 0 Å². The van der Waals surface area contributed by atoms with Gasteiger partial charge in [0.05, 0.1) is 6.61 Å². The Hall–Kier alpha value is -0.580. The van der Waals surface area contributed by atoms with Crippen LogP contribution < -0.4 is 5.73 Å². The summed E-state index contributed by atoms with van der Waals surface area (Å²) in [6.45, 7) is 0.736. The van der Waals surface area contributed by atoms with Crippen molar-refractivity contribution in [3.63, 3.8) is 0 Å². The average Bonchev–Trinajstić information content (AvgIpc) is 2.21. The first-order valence-corrected chi connectivity index (χ1v) is 4.43. The molecule has 0 aromatic carbocycles. The van der Waals surface area contributed by atoms with E-state index in [9.17, 15) is 0 Å². The van der Waals surface area contributed by atoms with Crippen LogP contribution in [0, 0.1) is 0 Å². The molecule has 0 saturated heterocycles. The first-order chi connectivity index (χ1) is 6.29. The van der Waals surface area contributed by atoms with Crippen molar-refractivity contribution in [3.05, 3.63) is 11.8 Å². The molecule has 0 aliphatic carbocycles. The Labute approximate surface area is 78.6 Å². The summed E-state index contributed by atoms with van der Waals surface area (Å²) in [7, 11) is 3.13. The Balaban J connectivity index is 2.53. The zero-order chi connectivity index (χ0) is 9.68. The first-order valence-electron chi connectivity index (χ1n) is 4.43. The van der Waals surface area contributed by atoms with Crippen LogP contribution in [0.25, 0.3) is 0 Å². The van der Waals surface area contributed by atoms with Gasteiger partial charge in [0.25, 0.3) is 0 Å². The monoisotopic (exact) mass is 187 g/mol. The van der Waals surface area contributed by atoms with Crippen molar-refractivity contribution in [2.75, 3.05) is 20.8 Å². The van der Waals surface area contributed by atoms with Crippen LogP contribution in [0.15, 0.2) is 11.8 Å². The third kappa shape index (κ3) is 2.69. The summed E-state index contributed by atoms with van der Waals surface area (Å²) in [4.78, 5) is 0. The number of nitrogens with two attached hydrogens (primary N) is 1. The predicted octanol–water partition coefficient (Wildman–Crippen LogP) is 0.627. The van der Waals surface area contributed by atoms with E-state index in [0.29, 0.717) is 0 Å². The molecule has 4 heteroatoms. The van der Waals surface area contributed by atoms with Gasteiger partial charge in [0.2, 0.25) is 0 Å². The van der Waals surface area contributed by atoms with E-state index in [2.05, 4.69) is 0 Å². The van der Waals surface area contributed by atoms with Gasteiger partial charge in [-0.2, -0.15) is 0 Å². The minimum Gasteiger partial charge on any atom is -0.496 e. The molecule has 0 aromatic heterocycles. The molecule has 0 amide bonds. The normalized spacial score (nSPS) is 19.5. The third-order valence-electron chi connectivity index (χ3n) is 2.05. The summed E-state index contributed by atoms with van der Waals surface area (Å²) in [5.74, 6) is 0.778. The van der Waals surface area contributed by atoms with E-state index in [0.717, 1.165) is 25.2 Å². The second-order valence-corrected chi connectivity index (χ2v) is 2.96. The minimum absolute atomic E-state index is 0.324. The van der Waals surface area contributed by atoms with E-state index < -0.39 is 6.29 Å². The SMILES string of the molecule is COC(OC)C(N)C1=CCCCO1. The maximum atomic E-state index is 5.87. The van der Waals surface area contributed by atoms with Crippen molar-refractivity contribution in [2.45, 2.75) is 25.2 Å². The average molecular weight is 187 g/mol. The fourth-order valence-corrected chi connectivity index (χ4v) is 1.33. The summed E-state index contributed by atoms with van der Waals surface area (Å²) >= 11 is 0. The fraction of sp³-hybridized carbons (Fsp3) is 0.778. The first kappa shape index (κ1) is 10.5. The van der Waals surface area contributed by atoms with Gasteiger partial charge >= 0.3 is 0 Å². The molecule has 1 aliphatic rings. The second kappa shape index (κ2) is 5.21. The molecule has 0 saturated carbocycles. The van der Waals surface area contributed by atoms with E-state index in [1.807, 2.05) is 6.08 Å². The van der Waals surface area contributed by atoms with Gasteiger partial charge in [-0.25, -0.2) is 0 Å². The highest BCUT2D eigenvalue weighted by molar-refractivity contribution is 5.05. The fourth-order valence-electron chi connectivity index (χ4n) is 1.33. The molecular formula is C9H17NO3. The van der Waals surface area contributed by atoms with Crippen molar-refractivity contribution in [1.29, 1.82) is 0 Å². The molecule has 2 N–H and O–H groups in total. The topological polar surface area (TPSA) is 53.7 Å². The lowest BCUT2D eigenvalue weighted by Gasteiger charge is -2.25. The second-order valence-electron chi connectivity index (χ2n) is 2.96.